The second-order valence-electron chi connectivity index (χ2n) is 5.20. The fourth-order valence-corrected chi connectivity index (χ4v) is 2.78. The molecule has 0 fully saturated rings. The average molecular weight is 342 g/mol. The summed E-state index contributed by atoms with van der Waals surface area (Å²) in [6.45, 7) is 1.82. The molecule has 122 valence electrons. The molecule has 0 aliphatic rings. The van der Waals surface area contributed by atoms with Crippen LogP contribution in [0.25, 0.3) is 11.3 Å². The number of aromatic nitrogens is 1. The third-order valence-electron chi connectivity index (χ3n) is 3.26. The van der Waals surface area contributed by atoms with Crippen molar-refractivity contribution in [3.63, 3.8) is 0 Å². The van der Waals surface area contributed by atoms with Gasteiger partial charge in [-0.2, -0.15) is 0 Å². The number of thiazole rings is 1. The predicted molar refractivity (Wildman–Crippen MR) is 92.8 cm³/mol. The van der Waals surface area contributed by atoms with Crippen molar-refractivity contribution in [1.29, 1.82) is 0 Å². The molecule has 6 heteroatoms. The molecule has 2 aromatic carbocycles. The Morgan fingerprint density at radius 2 is 2.04 bits per heavy atom. The summed E-state index contributed by atoms with van der Waals surface area (Å²) in [6, 6.07) is 13.7. The minimum Gasteiger partial charge on any atom is -0.484 e. The van der Waals surface area contributed by atoms with Crippen LogP contribution in [-0.2, 0) is 4.79 Å². The van der Waals surface area contributed by atoms with Gasteiger partial charge >= 0.3 is 0 Å². The lowest BCUT2D eigenvalue weighted by Crippen LogP contribution is -2.20. The van der Waals surface area contributed by atoms with Gasteiger partial charge in [0.25, 0.3) is 5.91 Å². The topological polar surface area (TPSA) is 51.2 Å². The van der Waals surface area contributed by atoms with E-state index in [1.54, 1.807) is 6.07 Å². The summed E-state index contributed by atoms with van der Waals surface area (Å²) < 4.78 is 18.3. The molecule has 24 heavy (non-hydrogen) atoms. The lowest BCUT2D eigenvalue weighted by Gasteiger charge is -2.05. The van der Waals surface area contributed by atoms with Crippen LogP contribution in [0.1, 0.15) is 5.56 Å². The Bertz CT molecular complexity index is 846. The molecule has 0 aliphatic heterocycles. The summed E-state index contributed by atoms with van der Waals surface area (Å²) in [7, 11) is 0. The minimum atomic E-state index is -0.407. The van der Waals surface area contributed by atoms with Crippen LogP contribution < -0.4 is 10.1 Å². The van der Waals surface area contributed by atoms with E-state index in [2.05, 4.69) is 10.3 Å². The molecule has 0 unspecified atom stereocenters. The van der Waals surface area contributed by atoms with E-state index in [0.717, 1.165) is 11.3 Å². The van der Waals surface area contributed by atoms with Crippen LogP contribution in [0.2, 0.25) is 0 Å². The fraction of sp³-hybridized carbons (Fsp3) is 0.111. The lowest BCUT2D eigenvalue weighted by atomic mass is 10.1. The molecule has 0 spiro atoms. The van der Waals surface area contributed by atoms with E-state index in [4.69, 9.17) is 4.74 Å². The molecule has 0 radical (unpaired) electrons. The van der Waals surface area contributed by atoms with Gasteiger partial charge in [0.2, 0.25) is 0 Å². The van der Waals surface area contributed by atoms with Gasteiger partial charge in [0.15, 0.2) is 11.7 Å². The number of anilines is 1. The van der Waals surface area contributed by atoms with Crippen molar-refractivity contribution in [3.8, 4) is 17.0 Å². The Hall–Kier alpha value is -2.73. The smallest absolute Gasteiger partial charge is 0.264 e. The predicted octanol–water partition coefficient (Wildman–Crippen LogP) is 4.28. The second kappa shape index (κ2) is 7.23. The van der Waals surface area contributed by atoms with Gasteiger partial charge < -0.3 is 4.74 Å². The molecule has 1 N–H and O–H groups in total. The zero-order chi connectivity index (χ0) is 16.9. The molecule has 0 saturated heterocycles. The van der Waals surface area contributed by atoms with Crippen LogP contribution in [0.15, 0.2) is 53.9 Å². The number of hydrogen-bond donors (Lipinski definition) is 1. The number of carbonyl (C=O) groups is 1. The van der Waals surface area contributed by atoms with Crippen molar-refractivity contribution in [2.45, 2.75) is 6.92 Å². The highest BCUT2D eigenvalue weighted by Crippen LogP contribution is 2.25. The minimum absolute atomic E-state index is 0.205. The van der Waals surface area contributed by atoms with E-state index in [-0.39, 0.29) is 12.5 Å². The van der Waals surface area contributed by atoms with E-state index in [1.165, 1.54) is 35.1 Å². The van der Waals surface area contributed by atoms with E-state index < -0.39 is 5.82 Å². The van der Waals surface area contributed by atoms with E-state index in [9.17, 15) is 9.18 Å². The number of carbonyl (C=O) groups excluding carboxylic acids is 1. The summed E-state index contributed by atoms with van der Waals surface area (Å²) in [5.74, 6) is -0.440. The fourth-order valence-electron chi connectivity index (χ4n) is 2.05. The van der Waals surface area contributed by atoms with Gasteiger partial charge in [-0.05, 0) is 19.1 Å². The summed E-state index contributed by atoms with van der Waals surface area (Å²) >= 11 is 1.34. The number of nitrogens with zero attached hydrogens (tertiary/aromatic N) is 1. The number of halogens is 1. The lowest BCUT2D eigenvalue weighted by molar-refractivity contribution is -0.118. The molecule has 1 heterocycles. The number of rotatable bonds is 5. The Morgan fingerprint density at radius 1 is 1.25 bits per heavy atom. The van der Waals surface area contributed by atoms with Crippen LogP contribution in [-0.4, -0.2) is 17.5 Å². The van der Waals surface area contributed by atoms with Crippen LogP contribution in [0.3, 0.4) is 0 Å². The summed E-state index contributed by atoms with van der Waals surface area (Å²) in [5.41, 5.74) is 2.98. The molecule has 0 saturated carbocycles. The maximum Gasteiger partial charge on any atom is 0.264 e. The molecule has 0 atom stereocenters. The maximum absolute atomic E-state index is 13.0. The highest BCUT2D eigenvalue weighted by atomic mass is 32.1. The summed E-state index contributed by atoms with van der Waals surface area (Å²) in [5, 5.41) is 5.06. The third-order valence-corrected chi connectivity index (χ3v) is 4.02. The molecular formula is C18H15FN2O2S. The van der Waals surface area contributed by atoms with Gasteiger partial charge in [0.05, 0.1) is 5.69 Å². The van der Waals surface area contributed by atoms with E-state index >= 15 is 0 Å². The van der Waals surface area contributed by atoms with Crippen LogP contribution in [0, 0.1) is 12.7 Å². The molecule has 1 aromatic heterocycles. The van der Waals surface area contributed by atoms with Gasteiger partial charge in [-0.1, -0.05) is 35.9 Å². The van der Waals surface area contributed by atoms with Gasteiger partial charge in [0.1, 0.15) is 11.6 Å². The van der Waals surface area contributed by atoms with Crippen molar-refractivity contribution in [3.05, 3.63) is 65.3 Å². The van der Waals surface area contributed by atoms with Crippen LogP contribution in [0.5, 0.6) is 5.75 Å². The van der Waals surface area contributed by atoms with Gasteiger partial charge in [-0.3, -0.25) is 10.1 Å². The molecule has 3 rings (SSSR count). The summed E-state index contributed by atoms with van der Waals surface area (Å²) in [6.07, 6.45) is 0. The number of aryl methyl sites for hydroxylation is 1. The monoisotopic (exact) mass is 342 g/mol. The SMILES string of the molecule is Cc1ccc(-c2csc(NC(=O)COc3cccc(F)c3)n2)cc1. The van der Waals surface area contributed by atoms with Gasteiger partial charge in [0, 0.05) is 17.0 Å². The Morgan fingerprint density at radius 3 is 2.79 bits per heavy atom. The number of benzene rings is 2. The first-order valence-electron chi connectivity index (χ1n) is 7.31. The molecule has 1 amide bonds. The van der Waals surface area contributed by atoms with Crippen molar-refractivity contribution in [2.75, 3.05) is 11.9 Å². The Balaban J connectivity index is 1.58. The van der Waals surface area contributed by atoms with Crippen molar-refractivity contribution in [1.82, 2.24) is 4.98 Å². The number of amides is 1. The first-order valence-corrected chi connectivity index (χ1v) is 8.19. The third kappa shape index (κ3) is 4.17. The highest BCUT2D eigenvalue weighted by Gasteiger charge is 2.09. The first-order chi connectivity index (χ1) is 11.6. The molecule has 0 bridgehead atoms. The second-order valence-corrected chi connectivity index (χ2v) is 6.06. The van der Waals surface area contributed by atoms with Crippen LogP contribution >= 0.6 is 11.3 Å². The quantitative estimate of drug-likeness (QED) is 0.753. The normalized spacial score (nSPS) is 10.4. The number of nitrogens with one attached hydrogen (secondary N) is 1. The van der Waals surface area contributed by atoms with Gasteiger partial charge in [-0.25, -0.2) is 9.37 Å². The largest absolute Gasteiger partial charge is 0.484 e. The first kappa shape index (κ1) is 16.1. The highest BCUT2D eigenvalue weighted by molar-refractivity contribution is 7.14. The maximum atomic E-state index is 13.0. The molecule has 3 aromatic rings. The van der Waals surface area contributed by atoms with E-state index in [1.807, 2.05) is 36.6 Å². The van der Waals surface area contributed by atoms with Crippen molar-refractivity contribution in [2.24, 2.45) is 0 Å². The molecule has 0 aliphatic carbocycles. The van der Waals surface area contributed by atoms with Crippen molar-refractivity contribution >= 4 is 22.4 Å². The number of hydrogen-bond acceptors (Lipinski definition) is 4. The molecule has 4 nitrogen and oxygen atoms in total. The van der Waals surface area contributed by atoms with Crippen molar-refractivity contribution < 1.29 is 13.9 Å². The number of ether oxygens (including phenoxy) is 1. The average Bonchev–Trinajstić information content (AvgIpc) is 3.02. The Kier molecular flexibility index (Phi) is 4.86. The molecular weight excluding hydrogens is 327 g/mol. The van der Waals surface area contributed by atoms with E-state index in [0.29, 0.717) is 10.9 Å². The van der Waals surface area contributed by atoms with Crippen LogP contribution in [0.4, 0.5) is 9.52 Å². The Labute approximate surface area is 142 Å². The van der Waals surface area contributed by atoms with Gasteiger partial charge in [-0.15, -0.1) is 11.3 Å². The standard InChI is InChI=1S/C18H15FN2O2S/c1-12-5-7-13(8-6-12)16-11-24-18(20-16)21-17(22)10-23-15-4-2-3-14(19)9-15/h2-9,11H,10H2,1H3,(H,20,21,22). The zero-order valence-electron chi connectivity index (χ0n) is 13.0. The zero-order valence-corrected chi connectivity index (χ0v) is 13.8. The summed E-state index contributed by atoms with van der Waals surface area (Å²) in [4.78, 5) is 16.3.